The number of hydrogen-bond acceptors (Lipinski definition) is 2. The van der Waals surface area contributed by atoms with E-state index < -0.39 is 0 Å². The summed E-state index contributed by atoms with van der Waals surface area (Å²) in [5, 5.41) is 11.8. The molecule has 0 aliphatic rings. The molecule has 0 aliphatic heterocycles. The van der Waals surface area contributed by atoms with Gasteiger partial charge in [0, 0.05) is 0 Å². The molecule has 2 N–H and O–H groups in total. The number of hydrogen-bond donors (Lipinski definition) is 2. The summed E-state index contributed by atoms with van der Waals surface area (Å²) in [6, 6.07) is -0.198. The molecular formula is C10H19NO2. The third-order valence-corrected chi connectivity index (χ3v) is 1.86. The van der Waals surface area contributed by atoms with Crippen LogP contribution in [0.5, 0.6) is 0 Å². The molecule has 0 bridgehead atoms. The van der Waals surface area contributed by atoms with Gasteiger partial charge in [0.05, 0.1) is 12.6 Å². The molecule has 1 atom stereocenters. The molecule has 1 amide bonds. The molecule has 13 heavy (non-hydrogen) atoms. The molecule has 0 saturated heterocycles. The van der Waals surface area contributed by atoms with Crippen LogP contribution in [0.3, 0.4) is 0 Å². The van der Waals surface area contributed by atoms with Crippen molar-refractivity contribution in [1.29, 1.82) is 0 Å². The van der Waals surface area contributed by atoms with Crippen molar-refractivity contribution in [3.63, 3.8) is 0 Å². The van der Waals surface area contributed by atoms with Gasteiger partial charge in [-0.25, -0.2) is 0 Å². The predicted octanol–water partition coefficient (Wildman–Crippen LogP) is 1.09. The minimum atomic E-state index is -0.198. The van der Waals surface area contributed by atoms with E-state index in [-0.39, 0.29) is 24.0 Å². The van der Waals surface area contributed by atoms with Gasteiger partial charge >= 0.3 is 0 Å². The SMILES string of the molecule is C/C=C/C(=O)N[C@H](CO)C(C)(C)C. The number of carbonyl (C=O) groups is 1. The number of aliphatic hydroxyl groups excluding tert-OH is 1. The van der Waals surface area contributed by atoms with Gasteiger partial charge in [0.25, 0.3) is 0 Å². The minimum absolute atomic E-state index is 0.0349. The van der Waals surface area contributed by atoms with Gasteiger partial charge in [0.2, 0.25) is 5.91 Å². The van der Waals surface area contributed by atoms with Crippen LogP contribution in [0.25, 0.3) is 0 Å². The normalized spacial score (nSPS) is 14.5. The Hall–Kier alpha value is -0.830. The van der Waals surface area contributed by atoms with Crippen LogP contribution in [-0.4, -0.2) is 23.7 Å². The van der Waals surface area contributed by atoms with E-state index in [0.717, 1.165) is 0 Å². The molecule has 3 nitrogen and oxygen atoms in total. The third kappa shape index (κ3) is 4.68. The molecule has 0 fully saturated rings. The van der Waals surface area contributed by atoms with Crippen LogP contribution in [0.1, 0.15) is 27.7 Å². The first-order valence-electron chi connectivity index (χ1n) is 4.46. The fourth-order valence-corrected chi connectivity index (χ4v) is 0.907. The summed E-state index contributed by atoms with van der Waals surface area (Å²) in [6.07, 6.45) is 3.13. The molecule has 0 saturated carbocycles. The maximum absolute atomic E-state index is 11.2. The van der Waals surface area contributed by atoms with Gasteiger partial charge in [-0.1, -0.05) is 26.8 Å². The van der Waals surface area contributed by atoms with Crippen LogP contribution >= 0.6 is 0 Å². The number of aliphatic hydroxyl groups is 1. The standard InChI is InChI=1S/C10H19NO2/c1-5-6-9(13)11-8(7-12)10(2,3)4/h5-6,8,12H,7H2,1-4H3,(H,11,13)/b6-5+/t8-/m1/s1. The molecule has 0 aromatic rings. The zero-order chi connectivity index (χ0) is 10.5. The number of amides is 1. The van der Waals surface area contributed by atoms with E-state index in [0.29, 0.717) is 0 Å². The van der Waals surface area contributed by atoms with Gasteiger partial charge < -0.3 is 10.4 Å². The molecule has 0 aromatic heterocycles. The Morgan fingerprint density at radius 1 is 1.54 bits per heavy atom. The van der Waals surface area contributed by atoms with E-state index in [1.54, 1.807) is 13.0 Å². The summed E-state index contributed by atoms with van der Waals surface area (Å²) in [6.45, 7) is 7.68. The largest absolute Gasteiger partial charge is 0.394 e. The highest BCUT2D eigenvalue weighted by Crippen LogP contribution is 2.18. The van der Waals surface area contributed by atoms with Crippen LogP contribution < -0.4 is 5.32 Å². The summed E-state index contributed by atoms with van der Waals surface area (Å²) in [4.78, 5) is 11.2. The maximum atomic E-state index is 11.2. The molecule has 0 heterocycles. The highest BCUT2D eigenvalue weighted by Gasteiger charge is 2.24. The predicted molar refractivity (Wildman–Crippen MR) is 53.3 cm³/mol. The molecule has 0 radical (unpaired) electrons. The van der Waals surface area contributed by atoms with Crippen molar-refractivity contribution in [1.82, 2.24) is 5.32 Å². The second-order valence-electron chi connectivity index (χ2n) is 4.11. The number of rotatable bonds is 3. The van der Waals surface area contributed by atoms with Crippen LogP contribution in [0.4, 0.5) is 0 Å². The highest BCUT2D eigenvalue weighted by atomic mass is 16.3. The fraction of sp³-hybridized carbons (Fsp3) is 0.700. The van der Waals surface area contributed by atoms with Gasteiger partial charge in [0.15, 0.2) is 0 Å². The molecule has 0 spiro atoms. The topological polar surface area (TPSA) is 49.3 Å². The lowest BCUT2D eigenvalue weighted by molar-refractivity contribution is -0.118. The number of allylic oxidation sites excluding steroid dienone is 1. The summed E-state index contributed by atoms with van der Waals surface area (Å²) >= 11 is 0. The van der Waals surface area contributed by atoms with Crippen molar-refractivity contribution in [3.05, 3.63) is 12.2 Å². The van der Waals surface area contributed by atoms with Crippen molar-refractivity contribution < 1.29 is 9.90 Å². The fourth-order valence-electron chi connectivity index (χ4n) is 0.907. The lowest BCUT2D eigenvalue weighted by atomic mass is 9.87. The first-order chi connectivity index (χ1) is 5.91. The van der Waals surface area contributed by atoms with E-state index in [1.165, 1.54) is 6.08 Å². The summed E-state index contributed by atoms with van der Waals surface area (Å²) < 4.78 is 0. The number of carbonyl (C=O) groups excluding carboxylic acids is 1. The van der Waals surface area contributed by atoms with Crippen LogP contribution in [-0.2, 0) is 4.79 Å². The average Bonchev–Trinajstić information content (AvgIpc) is 1.98. The van der Waals surface area contributed by atoms with Gasteiger partial charge in [-0.15, -0.1) is 0 Å². The van der Waals surface area contributed by atoms with Gasteiger partial charge in [-0.2, -0.15) is 0 Å². The van der Waals surface area contributed by atoms with Crippen molar-refractivity contribution >= 4 is 5.91 Å². The second-order valence-corrected chi connectivity index (χ2v) is 4.11. The van der Waals surface area contributed by atoms with Crippen LogP contribution in [0, 0.1) is 5.41 Å². The summed E-state index contributed by atoms with van der Waals surface area (Å²) in [5.41, 5.74) is -0.119. The molecule has 0 rings (SSSR count). The lowest BCUT2D eigenvalue weighted by Crippen LogP contribution is -2.45. The zero-order valence-electron chi connectivity index (χ0n) is 8.79. The van der Waals surface area contributed by atoms with Crippen LogP contribution in [0.2, 0.25) is 0 Å². The summed E-state index contributed by atoms with van der Waals surface area (Å²) in [7, 11) is 0. The molecule has 3 heteroatoms. The Labute approximate surface area is 79.8 Å². The minimum Gasteiger partial charge on any atom is -0.394 e. The Kier molecular flexibility index (Phi) is 4.70. The first kappa shape index (κ1) is 12.2. The highest BCUT2D eigenvalue weighted by molar-refractivity contribution is 5.87. The maximum Gasteiger partial charge on any atom is 0.243 e. The monoisotopic (exact) mass is 185 g/mol. The molecule has 0 unspecified atom stereocenters. The molecule has 0 aromatic carbocycles. The van der Waals surface area contributed by atoms with E-state index >= 15 is 0 Å². The molecule has 76 valence electrons. The lowest BCUT2D eigenvalue weighted by Gasteiger charge is -2.29. The Morgan fingerprint density at radius 3 is 2.38 bits per heavy atom. The van der Waals surface area contributed by atoms with Crippen molar-refractivity contribution in [2.75, 3.05) is 6.61 Å². The smallest absolute Gasteiger partial charge is 0.243 e. The number of nitrogens with one attached hydrogen (secondary N) is 1. The van der Waals surface area contributed by atoms with Gasteiger partial charge in [-0.05, 0) is 18.4 Å². The van der Waals surface area contributed by atoms with E-state index in [2.05, 4.69) is 5.32 Å². The van der Waals surface area contributed by atoms with E-state index in [1.807, 2.05) is 20.8 Å². The molecular weight excluding hydrogens is 166 g/mol. The molecule has 0 aliphatic carbocycles. The van der Waals surface area contributed by atoms with Crippen molar-refractivity contribution in [2.24, 2.45) is 5.41 Å². The van der Waals surface area contributed by atoms with Gasteiger partial charge in [0.1, 0.15) is 0 Å². The Balaban J connectivity index is 4.22. The Morgan fingerprint density at radius 2 is 2.08 bits per heavy atom. The third-order valence-electron chi connectivity index (χ3n) is 1.86. The van der Waals surface area contributed by atoms with Crippen molar-refractivity contribution in [3.8, 4) is 0 Å². The second kappa shape index (κ2) is 5.02. The zero-order valence-corrected chi connectivity index (χ0v) is 8.79. The van der Waals surface area contributed by atoms with Crippen LogP contribution in [0.15, 0.2) is 12.2 Å². The average molecular weight is 185 g/mol. The summed E-state index contributed by atoms with van der Waals surface area (Å²) in [5.74, 6) is -0.156. The quantitative estimate of drug-likeness (QED) is 0.646. The van der Waals surface area contributed by atoms with E-state index in [4.69, 9.17) is 5.11 Å². The van der Waals surface area contributed by atoms with Crippen molar-refractivity contribution in [2.45, 2.75) is 33.7 Å². The van der Waals surface area contributed by atoms with Gasteiger partial charge in [-0.3, -0.25) is 4.79 Å². The first-order valence-corrected chi connectivity index (χ1v) is 4.46. The Bertz CT molecular complexity index is 192. The van der Waals surface area contributed by atoms with E-state index in [9.17, 15) is 4.79 Å².